The zero-order valence-electron chi connectivity index (χ0n) is 25.6. The van der Waals surface area contributed by atoms with Gasteiger partial charge in [-0.05, 0) is 55.3 Å². The van der Waals surface area contributed by atoms with E-state index in [0.29, 0.717) is 52.5 Å². The lowest BCUT2D eigenvalue weighted by Crippen LogP contribution is -2.30. The van der Waals surface area contributed by atoms with Crippen LogP contribution in [0.1, 0.15) is 42.4 Å². The van der Waals surface area contributed by atoms with Crippen molar-refractivity contribution in [2.24, 2.45) is 0 Å². The molecule has 0 atom stereocenters. The van der Waals surface area contributed by atoms with Gasteiger partial charge in [-0.3, -0.25) is 14.2 Å². The minimum Gasteiger partial charge on any atom is -0.489 e. The molecule has 5 aromatic rings. The number of ether oxygens (including phenoxy) is 1. The quantitative estimate of drug-likeness (QED) is 0.125. The Morgan fingerprint density at radius 1 is 0.913 bits per heavy atom. The van der Waals surface area contributed by atoms with Crippen molar-refractivity contribution in [2.75, 3.05) is 4.31 Å². The van der Waals surface area contributed by atoms with Gasteiger partial charge in [-0.15, -0.1) is 0 Å². The number of para-hydroxylation sites is 1. The Bertz CT molecular complexity index is 2000. The topological polar surface area (TPSA) is 98.6 Å². The molecule has 0 aliphatic heterocycles. The fourth-order valence-corrected chi connectivity index (χ4v) is 6.72. The predicted molar refractivity (Wildman–Crippen MR) is 181 cm³/mol. The van der Waals surface area contributed by atoms with Crippen LogP contribution < -0.4 is 14.6 Å². The second-order valence-electron chi connectivity index (χ2n) is 10.7. The first-order valence-corrected chi connectivity index (χ1v) is 16.8. The number of anilines is 1. The highest BCUT2D eigenvalue weighted by molar-refractivity contribution is 7.93. The van der Waals surface area contributed by atoms with E-state index in [1.807, 2.05) is 37.3 Å². The van der Waals surface area contributed by atoms with E-state index in [9.17, 15) is 18.0 Å². The van der Waals surface area contributed by atoms with Crippen molar-refractivity contribution in [2.45, 2.75) is 51.2 Å². The average molecular weight is 656 g/mol. The number of halogens is 1. The summed E-state index contributed by atoms with van der Waals surface area (Å²) in [4.78, 5) is 30.8. The van der Waals surface area contributed by atoms with Gasteiger partial charge in [-0.2, -0.15) is 0 Å². The molecule has 1 aromatic heterocycles. The van der Waals surface area contributed by atoms with Crippen LogP contribution in [-0.2, 0) is 34.4 Å². The van der Waals surface area contributed by atoms with Crippen LogP contribution in [0.4, 0.5) is 5.69 Å². The number of carbonyl (C=O) groups excluding carboxylic acids is 1. The molecule has 8 nitrogen and oxygen atoms in total. The number of aromatic nitrogens is 2. The van der Waals surface area contributed by atoms with E-state index < -0.39 is 10.0 Å². The van der Waals surface area contributed by atoms with Crippen molar-refractivity contribution in [3.05, 3.63) is 141 Å². The largest absolute Gasteiger partial charge is 0.489 e. The molecule has 0 spiro atoms. The number of hydrogen-bond donors (Lipinski definition) is 0. The van der Waals surface area contributed by atoms with Crippen LogP contribution in [0.5, 0.6) is 5.75 Å². The molecule has 0 N–H and O–H groups in total. The Hall–Kier alpha value is -4.73. The van der Waals surface area contributed by atoms with Gasteiger partial charge < -0.3 is 4.74 Å². The van der Waals surface area contributed by atoms with Gasteiger partial charge in [-0.1, -0.05) is 91.7 Å². The van der Waals surface area contributed by atoms with E-state index in [1.165, 1.54) is 12.1 Å². The van der Waals surface area contributed by atoms with Crippen LogP contribution in [0, 0.1) is 6.92 Å². The number of rotatable bonds is 13. The monoisotopic (exact) mass is 655 g/mol. The normalized spacial score (nSPS) is 11.3. The second kappa shape index (κ2) is 14.6. The fraction of sp³-hybridized carbons (Fsp3) is 0.194. The number of sulfonamides is 1. The van der Waals surface area contributed by atoms with Crippen LogP contribution in [0.25, 0.3) is 11.1 Å². The molecular formula is C36H34ClN3O5S. The standard InChI is InChI=1S/C36H34ClN3O5S/c1-3-4-18-34-38-26(2)35(31-15-9-10-16-32(31)37)36(42)39(34)23-27-19-21-29(22-20-27)45-24-28-12-8-11-17-33(28)40(25-41)46(43,44)30-13-6-5-7-14-30/h5-17,19-22,25H,3-4,18,23-24H2,1-2H3. The van der Waals surface area contributed by atoms with Gasteiger partial charge in [0.15, 0.2) is 0 Å². The van der Waals surface area contributed by atoms with Crippen molar-refractivity contribution in [1.29, 1.82) is 0 Å². The van der Waals surface area contributed by atoms with Gasteiger partial charge in [0.25, 0.3) is 15.6 Å². The summed E-state index contributed by atoms with van der Waals surface area (Å²) in [7, 11) is -4.11. The van der Waals surface area contributed by atoms with E-state index in [-0.39, 0.29) is 22.7 Å². The van der Waals surface area contributed by atoms with Crippen molar-refractivity contribution >= 4 is 33.7 Å². The molecule has 0 fully saturated rings. The number of aryl methyl sites for hydroxylation is 2. The third kappa shape index (κ3) is 7.06. The summed E-state index contributed by atoms with van der Waals surface area (Å²) >= 11 is 6.48. The van der Waals surface area contributed by atoms with Crippen LogP contribution >= 0.6 is 11.6 Å². The van der Waals surface area contributed by atoms with E-state index in [0.717, 1.165) is 28.5 Å². The van der Waals surface area contributed by atoms with Gasteiger partial charge in [0, 0.05) is 22.6 Å². The molecule has 0 saturated carbocycles. The SMILES string of the molecule is CCCCc1nc(C)c(-c2ccccc2Cl)c(=O)n1Cc1ccc(OCc2ccccc2N(C=O)S(=O)(=O)c2ccccc2)cc1. The van der Waals surface area contributed by atoms with Gasteiger partial charge >= 0.3 is 0 Å². The Morgan fingerprint density at radius 3 is 2.28 bits per heavy atom. The highest BCUT2D eigenvalue weighted by atomic mass is 35.5. The maximum absolute atomic E-state index is 13.9. The molecule has 10 heteroatoms. The first-order valence-electron chi connectivity index (χ1n) is 14.9. The highest BCUT2D eigenvalue weighted by Gasteiger charge is 2.26. The van der Waals surface area contributed by atoms with Crippen LogP contribution in [0.2, 0.25) is 5.02 Å². The molecule has 0 aliphatic carbocycles. The first kappa shape index (κ1) is 32.7. The van der Waals surface area contributed by atoms with Gasteiger partial charge in [-0.25, -0.2) is 17.7 Å². The Kier molecular flexibility index (Phi) is 10.3. The van der Waals surface area contributed by atoms with Crippen molar-refractivity contribution in [1.82, 2.24) is 9.55 Å². The van der Waals surface area contributed by atoms with Crippen LogP contribution in [-0.4, -0.2) is 24.4 Å². The second-order valence-corrected chi connectivity index (χ2v) is 13.0. The van der Waals surface area contributed by atoms with E-state index in [4.69, 9.17) is 21.3 Å². The number of benzene rings is 4. The zero-order chi connectivity index (χ0) is 32.7. The van der Waals surface area contributed by atoms with Crippen molar-refractivity contribution < 1.29 is 17.9 Å². The molecular weight excluding hydrogens is 622 g/mol. The average Bonchev–Trinajstić information content (AvgIpc) is 3.07. The lowest BCUT2D eigenvalue weighted by atomic mass is 10.0. The number of nitrogens with zero attached hydrogens (tertiary/aromatic N) is 3. The summed E-state index contributed by atoms with van der Waals surface area (Å²) < 4.78 is 34.9. The van der Waals surface area contributed by atoms with Gasteiger partial charge in [0.05, 0.1) is 28.4 Å². The minimum atomic E-state index is -4.11. The molecule has 1 amide bonds. The summed E-state index contributed by atoms with van der Waals surface area (Å²) in [6.45, 7) is 4.28. The Balaban J connectivity index is 1.38. The minimum absolute atomic E-state index is 0.00753. The molecule has 0 unspecified atom stereocenters. The van der Waals surface area contributed by atoms with E-state index >= 15 is 0 Å². The molecule has 46 heavy (non-hydrogen) atoms. The summed E-state index contributed by atoms with van der Waals surface area (Å²) in [5.41, 5.74) is 3.25. The molecule has 0 bridgehead atoms. The number of amides is 1. The fourth-order valence-electron chi connectivity index (χ4n) is 5.21. The smallest absolute Gasteiger partial charge is 0.270 e. The molecule has 0 aliphatic rings. The Morgan fingerprint density at radius 2 is 1.59 bits per heavy atom. The molecule has 0 saturated heterocycles. The number of hydrogen-bond acceptors (Lipinski definition) is 6. The van der Waals surface area contributed by atoms with Crippen molar-refractivity contribution in [3.63, 3.8) is 0 Å². The summed E-state index contributed by atoms with van der Waals surface area (Å²) in [5.74, 6) is 1.27. The molecule has 4 aromatic carbocycles. The number of carbonyl (C=O) groups is 1. The molecule has 236 valence electrons. The summed E-state index contributed by atoms with van der Waals surface area (Å²) in [6, 6.07) is 29.1. The molecule has 0 radical (unpaired) electrons. The lowest BCUT2D eigenvalue weighted by molar-refractivity contribution is -0.106. The highest BCUT2D eigenvalue weighted by Crippen LogP contribution is 2.29. The Labute approximate surface area is 273 Å². The zero-order valence-corrected chi connectivity index (χ0v) is 27.2. The van der Waals surface area contributed by atoms with Gasteiger partial charge in [0.2, 0.25) is 6.41 Å². The predicted octanol–water partition coefficient (Wildman–Crippen LogP) is 7.19. The molecule has 1 heterocycles. The van der Waals surface area contributed by atoms with E-state index in [1.54, 1.807) is 65.2 Å². The number of unbranched alkanes of at least 4 members (excludes halogenated alkanes) is 1. The maximum Gasteiger partial charge on any atom is 0.270 e. The van der Waals surface area contributed by atoms with Crippen molar-refractivity contribution in [3.8, 4) is 16.9 Å². The van der Waals surface area contributed by atoms with Gasteiger partial charge in [0.1, 0.15) is 18.2 Å². The van der Waals surface area contributed by atoms with E-state index in [2.05, 4.69) is 6.92 Å². The first-order chi connectivity index (χ1) is 22.2. The van der Waals surface area contributed by atoms with Crippen LogP contribution in [0.3, 0.4) is 0 Å². The maximum atomic E-state index is 13.9. The van der Waals surface area contributed by atoms with Crippen LogP contribution in [0.15, 0.2) is 113 Å². The summed E-state index contributed by atoms with van der Waals surface area (Å²) in [5, 5.41) is 0.495. The third-order valence-corrected chi connectivity index (χ3v) is 9.61. The molecule has 5 rings (SSSR count). The lowest BCUT2D eigenvalue weighted by Gasteiger charge is -2.21. The summed E-state index contributed by atoms with van der Waals surface area (Å²) in [6.07, 6.45) is 2.84. The third-order valence-electron chi connectivity index (χ3n) is 7.61.